The van der Waals surface area contributed by atoms with Gasteiger partial charge in [-0.3, -0.25) is 4.20 Å². The molecular formula is C24H21Cl2O4P4S3+. The van der Waals surface area contributed by atoms with Gasteiger partial charge in [-0.15, -0.1) is 0 Å². The van der Waals surface area contributed by atoms with E-state index in [1.54, 1.807) is 0 Å². The number of halogens is 2. The number of benzene rings is 4. The SMILES string of the molecule is ClP1Oc2ccccc2-c2ccccc21.S.S=[p+]1oc2ccccc2c2ccccc21.[2H]OP=S.[2H]OPCl. The molecule has 0 aliphatic carbocycles. The van der Waals surface area contributed by atoms with Crippen LogP contribution in [0.5, 0.6) is 5.75 Å². The number of rotatable bonds is 2. The lowest BCUT2D eigenvalue weighted by Gasteiger charge is -2.23. The first kappa shape index (κ1) is 29.2. The molecule has 0 saturated heterocycles. The summed E-state index contributed by atoms with van der Waals surface area (Å²) in [4.78, 5) is 7.16. The molecule has 6 rings (SSSR count). The van der Waals surface area contributed by atoms with E-state index in [0.29, 0.717) is 0 Å². The molecule has 1 aromatic heterocycles. The van der Waals surface area contributed by atoms with Gasteiger partial charge < -0.3 is 14.3 Å². The smallest absolute Gasteiger partial charge is 0.427 e. The molecule has 3 atom stereocenters. The Kier molecular flexibility index (Phi) is 13.4. The van der Waals surface area contributed by atoms with Crippen molar-refractivity contribution in [2.75, 3.05) is 0 Å². The van der Waals surface area contributed by atoms with Crippen LogP contribution in [0.25, 0.3) is 32.6 Å². The summed E-state index contributed by atoms with van der Waals surface area (Å²) in [5.41, 5.74) is 3.24. The Hall–Kier alpha value is -0.770. The highest BCUT2D eigenvalue weighted by atomic mass is 35.7. The molecule has 0 radical (unpaired) electrons. The Bertz CT molecular complexity index is 1570. The Balaban J connectivity index is 0.000000212. The maximum atomic E-state index is 6.22. The predicted octanol–water partition coefficient (Wildman–Crippen LogP) is 10.2. The van der Waals surface area contributed by atoms with Crippen molar-refractivity contribution in [1.82, 2.24) is 0 Å². The van der Waals surface area contributed by atoms with Crippen molar-refractivity contribution in [3.63, 3.8) is 0 Å². The van der Waals surface area contributed by atoms with E-state index in [1.165, 1.54) is 10.9 Å². The minimum atomic E-state index is -1.02. The molecule has 37 heavy (non-hydrogen) atoms. The minimum absolute atomic E-state index is 0. The largest absolute Gasteiger partial charge is 0.453 e. The molecule has 0 bridgehead atoms. The second-order valence-electron chi connectivity index (χ2n) is 6.86. The molecule has 0 fully saturated rings. The average molecular weight is 666 g/mol. The molecular weight excluding hydrogens is 643 g/mol. The Morgan fingerprint density at radius 1 is 0.892 bits per heavy atom. The molecule has 1 aliphatic rings. The number of fused-ring (bicyclic) bond motifs is 6. The molecule has 0 saturated carbocycles. The second kappa shape index (κ2) is 17.0. The fourth-order valence-electron chi connectivity index (χ4n) is 3.53. The normalized spacial score (nSPS) is 14.1. The average Bonchev–Trinajstić information content (AvgIpc) is 2.98. The zero-order chi connectivity index (χ0) is 27.3. The van der Waals surface area contributed by atoms with Gasteiger partial charge in [0.2, 0.25) is 27.3 Å². The van der Waals surface area contributed by atoms with E-state index in [2.05, 4.69) is 51.9 Å². The van der Waals surface area contributed by atoms with Gasteiger partial charge in [-0.25, -0.2) is 0 Å². The maximum Gasteiger partial charge on any atom is 0.427 e. The van der Waals surface area contributed by atoms with Crippen LogP contribution in [0.4, 0.5) is 0 Å². The van der Waals surface area contributed by atoms with Crippen LogP contribution in [0.3, 0.4) is 0 Å². The maximum absolute atomic E-state index is 6.22. The Morgan fingerprint density at radius 3 is 2.16 bits per heavy atom. The highest BCUT2D eigenvalue weighted by Crippen LogP contribution is 2.51. The van der Waals surface area contributed by atoms with Gasteiger partial charge >= 0.3 is 6.55 Å². The van der Waals surface area contributed by atoms with Crippen molar-refractivity contribution in [2.45, 2.75) is 0 Å². The minimum Gasteiger partial charge on any atom is -0.453 e. The molecule has 4 nitrogen and oxygen atoms in total. The second-order valence-corrected chi connectivity index (χ2v) is 12.3. The first-order valence-corrected chi connectivity index (χ1v) is 18.3. The predicted molar refractivity (Wildman–Crippen MR) is 176 cm³/mol. The zero-order valence-corrected chi connectivity index (χ0v) is 26.6. The first-order chi connectivity index (χ1) is 18.5. The topological polar surface area (TPSA) is 62.8 Å². The molecule has 192 valence electrons. The lowest BCUT2D eigenvalue weighted by Crippen LogP contribution is -2.10. The summed E-state index contributed by atoms with van der Waals surface area (Å²) < 4.78 is 23.1. The monoisotopic (exact) mass is 665 g/mol. The van der Waals surface area contributed by atoms with Crippen molar-refractivity contribution < 1.29 is 18.5 Å². The van der Waals surface area contributed by atoms with Crippen LogP contribution in [0.2, 0.25) is 0 Å². The van der Waals surface area contributed by atoms with Crippen molar-refractivity contribution in [3.05, 3.63) is 97.1 Å². The zero-order valence-electron chi connectivity index (χ0n) is 20.8. The lowest BCUT2D eigenvalue weighted by molar-refractivity contribution is 0.633. The molecule has 0 spiro atoms. The summed E-state index contributed by atoms with van der Waals surface area (Å²) >= 11 is 20.5. The first-order valence-electron chi connectivity index (χ1n) is 11.0. The standard InChI is InChI=1S/C12H8ClOP.C12H8OPS.ClH2OP.HOPS.H2S/c13-15-12-8-4-2-6-10(12)9-5-1-3-7-11(9)14-15;15-14-12-8-4-2-6-10(12)9-5-1-3-7-11(9)13-14;1-3-2;1-2-3;/h2*1-8H;2-3H;(H,1,3);1H2/q;+1;;;/i;;2D;;/hD. The fraction of sp³-hybridized carbons (Fsp3) is 0. The summed E-state index contributed by atoms with van der Waals surface area (Å²) in [6.45, 7) is -0.911. The van der Waals surface area contributed by atoms with Crippen molar-refractivity contribution in [3.8, 4) is 16.9 Å². The van der Waals surface area contributed by atoms with Gasteiger partial charge in [0, 0.05) is 21.6 Å². The summed E-state index contributed by atoms with van der Waals surface area (Å²) in [5.74, 6) is 0.886. The van der Waals surface area contributed by atoms with E-state index in [0.717, 1.165) is 32.7 Å². The van der Waals surface area contributed by atoms with Crippen LogP contribution < -0.4 is 9.83 Å². The van der Waals surface area contributed by atoms with E-state index >= 15 is 0 Å². The van der Waals surface area contributed by atoms with Gasteiger partial charge in [0.05, 0.1) is 0 Å². The quantitative estimate of drug-likeness (QED) is 0.145. The van der Waals surface area contributed by atoms with Crippen LogP contribution in [0, 0.1) is 0 Å². The van der Waals surface area contributed by atoms with Gasteiger partial charge in [-0.1, -0.05) is 78.0 Å². The van der Waals surface area contributed by atoms with Gasteiger partial charge in [0.25, 0.3) is 0 Å². The van der Waals surface area contributed by atoms with Gasteiger partial charge in [0.15, 0.2) is 5.58 Å². The highest BCUT2D eigenvalue weighted by Gasteiger charge is 2.24. The number of para-hydroxylation sites is 2. The summed E-state index contributed by atoms with van der Waals surface area (Å²) in [6.07, 6.45) is 0. The van der Waals surface area contributed by atoms with E-state index in [9.17, 15) is 0 Å². The summed E-state index contributed by atoms with van der Waals surface area (Å²) in [7, 11) is -0.994. The summed E-state index contributed by atoms with van der Waals surface area (Å²) in [6, 6.07) is 32.4. The summed E-state index contributed by atoms with van der Waals surface area (Å²) in [5, 5.41) is 4.63. The Morgan fingerprint density at radius 2 is 1.46 bits per heavy atom. The molecule has 0 amide bonds. The number of hydrogen-bond donors (Lipinski definition) is 2. The molecule has 5 aromatic rings. The van der Waals surface area contributed by atoms with Crippen molar-refractivity contribution in [2.24, 2.45) is 0 Å². The molecule has 2 heterocycles. The van der Waals surface area contributed by atoms with Gasteiger partial charge in [-0.2, -0.15) is 13.5 Å². The van der Waals surface area contributed by atoms with Gasteiger partial charge in [-0.05, 0) is 58.9 Å². The van der Waals surface area contributed by atoms with Crippen LogP contribution >= 0.6 is 77.6 Å². The molecule has 2 N–H and O–H groups in total. The van der Waals surface area contributed by atoms with E-state index < -0.39 is 14.0 Å². The van der Waals surface area contributed by atoms with Crippen LogP contribution in [-0.2, 0) is 11.8 Å². The third-order valence-electron chi connectivity index (χ3n) is 4.91. The van der Waals surface area contributed by atoms with Crippen molar-refractivity contribution in [1.29, 1.82) is 2.86 Å². The molecule has 1 aliphatic heterocycles. The van der Waals surface area contributed by atoms with E-state index in [-0.39, 0.29) is 29.2 Å². The highest BCUT2D eigenvalue weighted by molar-refractivity contribution is 8.13. The van der Waals surface area contributed by atoms with Crippen LogP contribution in [0.1, 0.15) is 0 Å². The van der Waals surface area contributed by atoms with E-state index in [1.807, 2.05) is 66.7 Å². The molecule has 3 unspecified atom stereocenters. The van der Waals surface area contributed by atoms with Crippen molar-refractivity contribution >= 4 is 116 Å². The third-order valence-corrected chi connectivity index (χ3v) is 8.75. The van der Waals surface area contributed by atoms with Crippen LogP contribution in [0.15, 0.2) is 101 Å². The Labute approximate surface area is 250 Å². The van der Waals surface area contributed by atoms with Gasteiger partial charge in [0.1, 0.15) is 21.5 Å². The molecule has 13 heteroatoms. The molecule has 4 aromatic carbocycles. The van der Waals surface area contributed by atoms with E-state index in [4.69, 9.17) is 45.9 Å². The van der Waals surface area contributed by atoms with Crippen LogP contribution in [-0.4, -0.2) is 12.7 Å². The third kappa shape index (κ3) is 8.61. The lowest BCUT2D eigenvalue weighted by atomic mass is 10.0. The number of hydrogen-bond acceptors (Lipinski definition) is 6. The fourth-order valence-corrected chi connectivity index (χ4v) is 6.96.